The fraction of sp³-hybridized carbons (Fsp3) is 0.692. The summed E-state index contributed by atoms with van der Waals surface area (Å²) in [5, 5.41) is 6.36. The molecule has 0 aromatic carbocycles. The smallest absolute Gasteiger partial charge is 0.223 e. The van der Waals surface area contributed by atoms with Gasteiger partial charge >= 0.3 is 0 Å². The number of hydrogen-bond acceptors (Lipinski definition) is 5. The summed E-state index contributed by atoms with van der Waals surface area (Å²) in [6.45, 7) is 3.32. The van der Waals surface area contributed by atoms with Crippen LogP contribution in [0.25, 0.3) is 0 Å². The van der Waals surface area contributed by atoms with Gasteiger partial charge in [0.05, 0.1) is 0 Å². The van der Waals surface area contributed by atoms with Crippen LogP contribution in [0.2, 0.25) is 0 Å². The summed E-state index contributed by atoms with van der Waals surface area (Å²) in [6.07, 6.45) is 5.35. The number of nitrogens with one attached hydrogen (secondary N) is 2. The zero-order valence-electron chi connectivity index (χ0n) is 11.2. The van der Waals surface area contributed by atoms with Gasteiger partial charge in [0.1, 0.15) is 11.6 Å². The van der Waals surface area contributed by atoms with Crippen molar-refractivity contribution in [2.24, 2.45) is 11.8 Å². The van der Waals surface area contributed by atoms with Crippen LogP contribution < -0.4 is 16.4 Å². The summed E-state index contributed by atoms with van der Waals surface area (Å²) in [7, 11) is 1.83. The third kappa shape index (κ3) is 3.48. The van der Waals surface area contributed by atoms with E-state index in [-0.39, 0.29) is 0 Å². The Balaban J connectivity index is 1.91. The zero-order chi connectivity index (χ0) is 13.0. The molecule has 2 rings (SSSR count). The highest BCUT2D eigenvalue weighted by Crippen LogP contribution is 2.28. The standard InChI is InChI=1S/C13H23N5/c1-9-4-3-5-10(6-9)8-16-12-7-11(15-2)17-13(14)18-12/h7,9-10H,3-6,8H2,1-2H3,(H4,14,15,16,17,18). The van der Waals surface area contributed by atoms with Crippen molar-refractivity contribution in [1.82, 2.24) is 9.97 Å². The third-order valence-corrected chi connectivity index (χ3v) is 3.62. The first-order valence-electron chi connectivity index (χ1n) is 6.73. The molecule has 5 heteroatoms. The lowest BCUT2D eigenvalue weighted by molar-refractivity contribution is 0.293. The second-order valence-corrected chi connectivity index (χ2v) is 5.27. The molecular weight excluding hydrogens is 226 g/mol. The number of anilines is 3. The highest BCUT2D eigenvalue weighted by molar-refractivity contribution is 5.50. The topological polar surface area (TPSA) is 75.9 Å². The van der Waals surface area contributed by atoms with Crippen molar-refractivity contribution in [3.8, 4) is 0 Å². The monoisotopic (exact) mass is 249 g/mol. The van der Waals surface area contributed by atoms with Gasteiger partial charge in [-0.15, -0.1) is 0 Å². The molecule has 1 aliphatic rings. The highest BCUT2D eigenvalue weighted by atomic mass is 15.1. The van der Waals surface area contributed by atoms with Gasteiger partial charge in [0.15, 0.2) is 0 Å². The van der Waals surface area contributed by atoms with E-state index in [0.717, 1.165) is 30.0 Å². The van der Waals surface area contributed by atoms with Crippen LogP contribution >= 0.6 is 0 Å². The Morgan fingerprint density at radius 1 is 1.33 bits per heavy atom. The van der Waals surface area contributed by atoms with Gasteiger partial charge in [-0.2, -0.15) is 9.97 Å². The normalized spacial score (nSPS) is 23.7. The van der Waals surface area contributed by atoms with Crippen molar-refractivity contribution in [3.63, 3.8) is 0 Å². The van der Waals surface area contributed by atoms with E-state index in [9.17, 15) is 0 Å². The quantitative estimate of drug-likeness (QED) is 0.763. The fourth-order valence-corrected chi connectivity index (χ4v) is 2.68. The van der Waals surface area contributed by atoms with Gasteiger partial charge in [-0.05, 0) is 24.7 Å². The maximum atomic E-state index is 5.66. The summed E-state index contributed by atoms with van der Waals surface area (Å²) < 4.78 is 0. The first kappa shape index (κ1) is 12.9. The highest BCUT2D eigenvalue weighted by Gasteiger charge is 2.18. The van der Waals surface area contributed by atoms with Crippen molar-refractivity contribution in [1.29, 1.82) is 0 Å². The van der Waals surface area contributed by atoms with Gasteiger partial charge < -0.3 is 16.4 Å². The van der Waals surface area contributed by atoms with Crippen LogP contribution in [-0.4, -0.2) is 23.6 Å². The van der Waals surface area contributed by atoms with Gasteiger partial charge in [-0.3, -0.25) is 0 Å². The minimum atomic E-state index is 0.307. The molecule has 0 spiro atoms. The molecule has 1 aromatic rings. The van der Waals surface area contributed by atoms with Crippen LogP contribution in [0.5, 0.6) is 0 Å². The first-order chi connectivity index (χ1) is 8.67. The number of rotatable bonds is 4. The molecule has 100 valence electrons. The molecular formula is C13H23N5. The molecule has 0 radical (unpaired) electrons. The molecule has 0 saturated heterocycles. The van der Waals surface area contributed by atoms with Gasteiger partial charge in [0.2, 0.25) is 5.95 Å². The Kier molecular flexibility index (Phi) is 4.23. The minimum absolute atomic E-state index is 0.307. The van der Waals surface area contributed by atoms with Crippen molar-refractivity contribution in [3.05, 3.63) is 6.07 Å². The summed E-state index contributed by atoms with van der Waals surface area (Å²) in [4.78, 5) is 8.28. The van der Waals surface area contributed by atoms with Crippen molar-refractivity contribution >= 4 is 17.6 Å². The Labute approximate surface area is 109 Å². The Bertz CT molecular complexity index is 393. The lowest BCUT2D eigenvalue weighted by Crippen LogP contribution is -2.21. The molecule has 0 aliphatic heterocycles. The van der Waals surface area contributed by atoms with Crippen LogP contribution in [0.15, 0.2) is 6.07 Å². The summed E-state index contributed by atoms with van der Waals surface area (Å²) >= 11 is 0. The number of nitrogens with zero attached hydrogens (tertiary/aromatic N) is 2. The number of hydrogen-bond donors (Lipinski definition) is 3. The van der Waals surface area contributed by atoms with Gasteiger partial charge in [0.25, 0.3) is 0 Å². The average Bonchev–Trinajstić information content (AvgIpc) is 2.36. The van der Waals surface area contributed by atoms with E-state index in [1.165, 1.54) is 25.7 Å². The van der Waals surface area contributed by atoms with Gasteiger partial charge in [-0.25, -0.2) is 0 Å². The Morgan fingerprint density at radius 3 is 2.83 bits per heavy atom. The second-order valence-electron chi connectivity index (χ2n) is 5.27. The molecule has 5 nitrogen and oxygen atoms in total. The predicted octanol–water partition coefficient (Wildman–Crippen LogP) is 2.34. The van der Waals surface area contributed by atoms with Crippen molar-refractivity contribution < 1.29 is 0 Å². The van der Waals surface area contributed by atoms with Crippen LogP contribution in [0.4, 0.5) is 17.6 Å². The predicted molar refractivity (Wildman–Crippen MR) is 75.6 cm³/mol. The Hall–Kier alpha value is -1.52. The SMILES string of the molecule is CNc1cc(NCC2CCCC(C)C2)nc(N)n1. The molecule has 4 N–H and O–H groups in total. The molecule has 1 saturated carbocycles. The summed E-state index contributed by atoms with van der Waals surface area (Å²) in [5.74, 6) is 3.48. The molecule has 1 aromatic heterocycles. The van der Waals surface area contributed by atoms with E-state index in [1.54, 1.807) is 0 Å². The maximum absolute atomic E-state index is 5.66. The molecule has 2 unspecified atom stereocenters. The van der Waals surface area contributed by atoms with E-state index in [4.69, 9.17) is 5.73 Å². The fourth-order valence-electron chi connectivity index (χ4n) is 2.68. The van der Waals surface area contributed by atoms with Crippen LogP contribution in [0, 0.1) is 11.8 Å². The lowest BCUT2D eigenvalue weighted by atomic mass is 9.82. The summed E-state index contributed by atoms with van der Waals surface area (Å²) in [6, 6.07) is 1.89. The van der Waals surface area contributed by atoms with E-state index < -0.39 is 0 Å². The van der Waals surface area contributed by atoms with Crippen molar-refractivity contribution in [2.75, 3.05) is 30.0 Å². The number of aromatic nitrogens is 2. The van der Waals surface area contributed by atoms with E-state index in [2.05, 4.69) is 27.5 Å². The summed E-state index contributed by atoms with van der Waals surface area (Å²) in [5.41, 5.74) is 5.66. The van der Waals surface area contributed by atoms with E-state index in [0.29, 0.717) is 5.95 Å². The second kappa shape index (κ2) is 5.89. The van der Waals surface area contributed by atoms with Crippen LogP contribution in [0.1, 0.15) is 32.6 Å². The molecule has 1 heterocycles. The number of nitrogen functional groups attached to an aromatic ring is 1. The van der Waals surface area contributed by atoms with Gasteiger partial charge in [0, 0.05) is 19.7 Å². The van der Waals surface area contributed by atoms with Crippen LogP contribution in [0.3, 0.4) is 0 Å². The van der Waals surface area contributed by atoms with E-state index >= 15 is 0 Å². The molecule has 18 heavy (non-hydrogen) atoms. The minimum Gasteiger partial charge on any atom is -0.373 e. The molecule has 2 atom stereocenters. The van der Waals surface area contributed by atoms with Crippen LogP contribution in [-0.2, 0) is 0 Å². The van der Waals surface area contributed by atoms with Crippen molar-refractivity contribution in [2.45, 2.75) is 32.6 Å². The molecule has 1 aliphatic carbocycles. The molecule has 0 bridgehead atoms. The molecule has 1 fully saturated rings. The lowest BCUT2D eigenvalue weighted by Gasteiger charge is -2.26. The maximum Gasteiger partial charge on any atom is 0.223 e. The van der Waals surface area contributed by atoms with E-state index in [1.807, 2.05) is 13.1 Å². The number of nitrogens with two attached hydrogens (primary N) is 1. The first-order valence-corrected chi connectivity index (χ1v) is 6.73. The third-order valence-electron chi connectivity index (χ3n) is 3.62. The Morgan fingerprint density at radius 2 is 2.11 bits per heavy atom. The zero-order valence-corrected chi connectivity index (χ0v) is 11.2. The average molecular weight is 249 g/mol. The molecule has 0 amide bonds. The largest absolute Gasteiger partial charge is 0.373 e. The van der Waals surface area contributed by atoms with Gasteiger partial charge in [-0.1, -0.05) is 19.8 Å².